The number of benzene rings is 2. The molecule has 158 valence electrons. The molecule has 0 radical (unpaired) electrons. The first-order valence-corrected chi connectivity index (χ1v) is 10.9. The zero-order valence-corrected chi connectivity index (χ0v) is 17.7. The fraction of sp³-hybridized carbons (Fsp3) is 0.333. The predicted octanol–water partition coefficient (Wildman–Crippen LogP) is 2.26. The van der Waals surface area contributed by atoms with E-state index >= 15 is 0 Å². The van der Waals surface area contributed by atoms with Crippen molar-refractivity contribution in [3.05, 3.63) is 53.6 Å². The van der Waals surface area contributed by atoms with Crippen LogP contribution < -0.4 is 14.8 Å². The van der Waals surface area contributed by atoms with Crippen molar-refractivity contribution >= 4 is 21.8 Å². The lowest BCUT2D eigenvalue weighted by molar-refractivity contribution is -0.122. The largest absolute Gasteiger partial charge is 0.497 e. The van der Waals surface area contributed by atoms with E-state index in [0.29, 0.717) is 22.2 Å². The van der Waals surface area contributed by atoms with Crippen LogP contribution in [0.5, 0.6) is 11.5 Å². The van der Waals surface area contributed by atoms with E-state index in [2.05, 4.69) is 5.32 Å². The molecule has 2 aromatic rings. The molecule has 30 heavy (non-hydrogen) atoms. The summed E-state index contributed by atoms with van der Waals surface area (Å²) in [6.45, 7) is 3.22. The van der Waals surface area contributed by atoms with Gasteiger partial charge in [0.1, 0.15) is 28.5 Å². The van der Waals surface area contributed by atoms with E-state index in [0.717, 1.165) is 5.56 Å². The molecule has 8 nitrogen and oxygen atoms in total. The molecule has 1 N–H and O–H groups in total. The third kappa shape index (κ3) is 3.39. The number of amides is 2. The first kappa shape index (κ1) is 20.2. The van der Waals surface area contributed by atoms with Gasteiger partial charge in [0.05, 0.1) is 18.7 Å². The van der Waals surface area contributed by atoms with Crippen LogP contribution in [0, 0.1) is 0 Å². The Bertz CT molecular complexity index is 1140. The van der Waals surface area contributed by atoms with Crippen LogP contribution in [0.15, 0.2) is 47.4 Å². The second-order valence-electron chi connectivity index (χ2n) is 7.90. The van der Waals surface area contributed by atoms with Crippen molar-refractivity contribution in [3.63, 3.8) is 0 Å². The molecule has 1 atom stereocenters. The van der Waals surface area contributed by atoms with Gasteiger partial charge in [0.25, 0.3) is 15.9 Å². The van der Waals surface area contributed by atoms with Crippen molar-refractivity contribution in [2.45, 2.75) is 36.8 Å². The fourth-order valence-corrected chi connectivity index (χ4v) is 5.37. The molecule has 0 fully saturated rings. The van der Waals surface area contributed by atoms with Gasteiger partial charge in [-0.2, -0.15) is 0 Å². The Morgan fingerprint density at radius 2 is 2.00 bits per heavy atom. The molecule has 0 aliphatic carbocycles. The van der Waals surface area contributed by atoms with E-state index in [-0.39, 0.29) is 10.5 Å². The van der Waals surface area contributed by atoms with Crippen molar-refractivity contribution < 1.29 is 27.5 Å². The highest BCUT2D eigenvalue weighted by atomic mass is 32.2. The predicted molar refractivity (Wildman–Crippen MR) is 108 cm³/mol. The number of nitrogens with one attached hydrogen (secondary N) is 1. The van der Waals surface area contributed by atoms with Gasteiger partial charge in [-0.3, -0.25) is 9.59 Å². The molecule has 0 spiro atoms. The Kier molecular flexibility index (Phi) is 4.73. The normalized spacial score (nSPS) is 20.7. The zero-order chi connectivity index (χ0) is 21.7. The Hall–Kier alpha value is -3.07. The van der Waals surface area contributed by atoms with Gasteiger partial charge in [-0.05, 0) is 44.2 Å². The molecule has 9 heteroatoms. The maximum Gasteiger partial charge on any atom is 0.269 e. The van der Waals surface area contributed by atoms with Crippen molar-refractivity contribution in [2.24, 2.45) is 0 Å². The Labute approximate surface area is 174 Å². The van der Waals surface area contributed by atoms with Crippen LogP contribution in [-0.2, 0) is 14.8 Å². The molecule has 2 aliphatic rings. The molecule has 0 bridgehead atoms. The van der Waals surface area contributed by atoms with Gasteiger partial charge in [0, 0.05) is 12.0 Å². The standard InChI is InChI=1S/C21H22N2O6S/c1-21(2)11-16(15-10-13(28-3)8-9-17(15)29-21)22-19(24)12-23-20(25)14-6-4-5-7-18(14)30(23,26)27/h4-10,16H,11-12H2,1-3H3,(H,22,24)/t16-/m0/s1. The lowest BCUT2D eigenvalue weighted by atomic mass is 9.89. The van der Waals surface area contributed by atoms with E-state index in [1.54, 1.807) is 37.4 Å². The number of carbonyl (C=O) groups excluding carboxylic acids is 2. The quantitative estimate of drug-likeness (QED) is 0.798. The molecule has 2 aromatic carbocycles. The lowest BCUT2D eigenvalue weighted by Crippen LogP contribution is -2.45. The van der Waals surface area contributed by atoms with E-state index in [4.69, 9.17) is 9.47 Å². The molecule has 2 heterocycles. The van der Waals surface area contributed by atoms with Crippen LogP contribution in [0.3, 0.4) is 0 Å². The summed E-state index contributed by atoms with van der Waals surface area (Å²) in [5.74, 6) is -0.0370. The summed E-state index contributed by atoms with van der Waals surface area (Å²) in [6.07, 6.45) is 0.472. The van der Waals surface area contributed by atoms with Gasteiger partial charge < -0.3 is 14.8 Å². The number of rotatable bonds is 4. The van der Waals surface area contributed by atoms with E-state index in [9.17, 15) is 18.0 Å². The van der Waals surface area contributed by atoms with Crippen LogP contribution in [0.2, 0.25) is 0 Å². The molecule has 4 rings (SSSR count). The maximum atomic E-state index is 12.8. The molecule has 0 aromatic heterocycles. The number of fused-ring (bicyclic) bond motifs is 2. The van der Waals surface area contributed by atoms with Gasteiger partial charge in [-0.15, -0.1) is 0 Å². The van der Waals surface area contributed by atoms with Crippen LogP contribution in [0.4, 0.5) is 0 Å². The van der Waals surface area contributed by atoms with Gasteiger partial charge in [-0.1, -0.05) is 12.1 Å². The Morgan fingerprint density at radius 3 is 2.70 bits per heavy atom. The first-order chi connectivity index (χ1) is 14.1. The number of sulfonamides is 1. The monoisotopic (exact) mass is 430 g/mol. The fourth-order valence-electron chi connectivity index (χ4n) is 3.85. The summed E-state index contributed by atoms with van der Waals surface area (Å²) in [5.41, 5.74) is 0.277. The van der Waals surface area contributed by atoms with Gasteiger partial charge in [0.2, 0.25) is 5.91 Å². The van der Waals surface area contributed by atoms with E-state index in [1.807, 2.05) is 13.8 Å². The minimum absolute atomic E-state index is 0.0765. The van der Waals surface area contributed by atoms with Gasteiger partial charge >= 0.3 is 0 Å². The Balaban J connectivity index is 1.57. The lowest BCUT2D eigenvalue weighted by Gasteiger charge is -2.38. The van der Waals surface area contributed by atoms with Crippen LogP contribution in [0.1, 0.15) is 42.2 Å². The average molecular weight is 430 g/mol. The third-order valence-electron chi connectivity index (χ3n) is 5.21. The second-order valence-corrected chi connectivity index (χ2v) is 9.73. The highest BCUT2D eigenvalue weighted by Gasteiger charge is 2.42. The number of carbonyl (C=O) groups is 2. The minimum atomic E-state index is -4.05. The van der Waals surface area contributed by atoms with Crippen molar-refractivity contribution in [3.8, 4) is 11.5 Å². The third-order valence-corrected chi connectivity index (χ3v) is 7.00. The minimum Gasteiger partial charge on any atom is -0.497 e. The smallest absolute Gasteiger partial charge is 0.269 e. The first-order valence-electron chi connectivity index (χ1n) is 9.45. The van der Waals surface area contributed by atoms with Crippen molar-refractivity contribution in [1.29, 1.82) is 0 Å². The molecule has 2 amide bonds. The molecule has 0 saturated carbocycles. The number of ether oxygens (including phenoxy) is 2. The molecular weight excluding hydrogens is 408 g/mol. The summed E-state index contributed by atoms with van der Waals surface area (Å²) < 4.78 is 37.3. The summed E-state index contributed by atoms with van der Waals surface area (Å²) >= 11 is 0. The SMILES string of the molecule is COc1ccc2c(c1)[C@@H](NC(=O)CN1C(=O)c3ccccc3S1(=O)=O)CC(C)(C)O2. The van der Waals surface area contributed by atoms with E-state index in [1.165, 1.54) is 12.1 Å². The zero-order valence-electron chi connectivity index (χ0n) is 16.8. The number of methoxy groups -OCH3 is 1. The van der Waals surface area contributed by atoms with Crippen molar-refractivity contribution in [2.75, 3.05) is 13.7 Å². The van der Waals surface area contributed by atoms with Crippen LogP contribution >= 0.6 is 0 Å². The summed E-state index contributed by atoms with van der Waals surface area (Å²) in [6, 6.07) is 10.8. The number of hydrogen-bond acceptors (Lipinski definition) is 6. The summed E-state index contributed by atoms with van der Waals surface area (Å²) in [4.78, 5) is 25.3. The summed E-state index contributed by atoms with van der Waals surface area (Å²) in [5, 5.41) is 2.86. The summed E-state index contributed by atoms with van der Waals surface area (Å²) in [7, 11) is -2.50. The van der Waals surface area contributed by atoms with Crippen LogP contribution in [0.25, 0.3) is 0 Å². The number of nitrogens with zero attached hydrogens (tertiary/aromatic N) is 1. The highest BCUT2D eigenvalue weighted by molar-refractivity contribution is 7.90. The molecule has 2 aliphatic heterocycles. The van der Waals surface area contributed by atoms with Crippen molar-refractivity contribution in [1.82, 2.24) is 9.62 Å². The van der Waals surface area contributed by atoms with E-state index < -0.39 is 40.0 Å². The maximum absolute atomic E-state index is 12.8. The average Bonchev–Trinajstić information content (AvgIpc) is 2.88. The number of hydrogen-bond donors (Lipinski definition) is 1. The molecular formula is C21H22N2O6S. The van der Waals surface area contributed by atoms with Gasteiger partial charge in [-0.25, -0.2) is 12.7 Å². The second kappa shape index (κ2) is 7.02. The highest BCUT2D eigenvalue weighted by Crippen LogP contribution is 2.41. The van der Waals surface area contributed by atoms with Crippen LogP contribution in [-0.4, -0.2) is 43.8 Å². The van der Waals surface area contributed by atoms with Gasteiger partial charge in [0.15, 0.2) is 0 Å². The molecule has 0 saturated heterocycles. The molecule has 0 unspecified atom stereocenters. The topological polar surface area (TPSA) is 102 Å². The Morgan fingerprint density at radius 1 is 1.27 bits per heavy atom.